The van der Waals surface area contributed by atoms with Crippen LogP contribution in [0.2, 0.25) is 0 Å². The molecule has 0 saturated carbocycles. The van der Waals surface area contributed by atoms with Crippen molar-refractivity contribution >= 4 is 0 Å². The van der Waals surface area contributed by atoms with E-state index in [1.54, 1.807) is 0 Å². The molecular formula is C2H6N4. The molecule has 0 aliphatic carbocycles. The number of nitrogens with one attached hydrogen (secondary N) is 2. The first kappa shape index (κ1) is 3.55. The smallest absolute Gasteiger partial charge is 0.138 e. The molecular weight excluding hydrogens is 80.0 g/mol. The van der Waals surface area contributed by atoms with E-state index in [2.05, 4.69) is 21.3 Å². The van der Waals surface area contributed by atoms with Crippen molar-refractivity contribution in [2.45, 2.75) is 13.1 Å². The van der Waals surface area contributed by atoms with E-state index in [1.807, 2.05) is 6.92 Å². The molecule has 6 heavy (non-hydrogen) atoms. The van der Waals surface area contributed by atoms with Crippen LogP contribution in [0.1, 0.15) is 6.92 Å². The lowest BCUT2D eigenvalue weighted by Crippen LogP contribution is -2.27. The molecule has 34 valence electrons. The van der Waals surface area contributed by atoms with E-state index in [0.717, 1.165) is 0 Å². The molecule has 0 aromatic rings. The molecule has 0 bridgehead atoms. The van der Waals surface area contributed by atoms with E-state index in [1.165, 1.54) is 0 Å². The van der Waals surface area contributed by atoms with Gasteiger partial charge in [-0.3, -0.25) is 0 Å². The summed E-state index contributed by atoms with van der Waals surface area (Å²) in [6, 6.07) is 0. The third kappa shape index (κ3) is 0.463. The van der Waals surface area contributed by atoms with Gasteiger partial charge in [0.25, 0.3) is 0 Å². The monoisotopic (exact) mass is 86.1 g/mol. The minimum atomic E-state index is 0.144. The predicted octanol–water partition coefficient (Wildman–Crippen LogP) is -0.193. The second-order valence-electron chi connectivity index (χ2n) is 1.15. The fraction of sp³-hybridized carbons (Fsp3) is 1.00. The van der Waals surface area contributed by atoms with Crippen LogP contribution in [-0.4, -0.2) is 6.17 Å². The quantitative estimate of drug-likeness (QED) is 0.429. The maximum atomic E-state index is 3.64. The highest BCUT2D eigenvalue weighted by Gasteiger charge is 1.98. The molecule has 1 rings (SSSR count). The summed E-state index contributed by atoms with van der Waals surface area (Å²) in [5, 5.41) is 7.07. The zero-order chi connectivity index (χ0) is 4.41. The maximum Gasteiger partial charge on any atom is 0.138 e. The van der Waals surface area contributed by atoms with Gasteiger partial charge in [0.05, 0.1) is 0 Å². The molecule has 0 amide bonds. The summed E-state index contributed by atoms with van der Waals surface area (Å²) in [7, 11) is 0. The van der Waals surface area contributed by atoms with Gasteiger partial charge in [0, 0.05) is 0 Å². The highest BCUT2D eigenvalue weighted by molar-refractivity contribution is 4.50. The SMILES string of the molecule is CC1N=NNN1. The predicted molar refractivity (Wildman–Crippen MR) is 20.6 cm³/mol. The van der Waals surface area contributed by atoms with Crippen LogP contribution < -0.4 is 11.0 Å². The molecule has 0 spiro atoms. The molecule has 0 radical (unpaired) electrons. The summed E-state index contributed by atoms with van der Waals surface area (Å²) in [5.41, 5.74) is 5.22. The molecule has 2 N–H and O–H groups in total. The number of hydrogen-bond donors (Lipinski definition) is 2. The minimum absolute atomic E-state index is 0.144. The molecule has 0 fully saturated rings. The summed E-state index contributed by atoms with van der Waals surface area (Å²) in [4.78, 5) is 0. The molecule has 4 heteroatoms. The number of hydrazine groups is 1. The van der Waals surface area contributed by atoms with Crippen molar-refractivity contribution < 1.29 is 0 Å². The molecule has 1 aliphatic heterocycles. The van der Waals surface area contributed by atoms with Crippen molar-refractivity contribution in [2.75, 3.05) is 0 Å². The topological polar surface area (TPSA) is 48.8 Å². The van der Waals surface area contributed by atoms with Crippen LogP contribution in [0.25, 0.3) is 0 Å². The van der Waals surface area contributed by atoms with Gasteiger partial charge in [-0.25, -0.2) is 5.53 Å². The Morgan fingerprint density at radius 3 is 2.67 bits per heavy atom. The second-order valence-corrected chi connectivity index (χ2v) is 1.15. The normalized spacial score (nSPS) is 30.5. The van der Waals surface area contributed by atoms with E-state index in [9.17, 15) is 0 Å². The van der Waals surface area contributed by atoms with Gasteiger partial charge in [0.2, 0.25) is 0 Å². The van der Waals surface area contributed by atoms with Crippen LogP contribution in [-0.2, 0) is 0 Å². The van der Waals surface area contributed by atoms with Gasteiger partial charge in [0.1, 0.15) is 6.17 Å². The highest BCUT2D eigenvalue weighted by Crippen LogP contribution is 1.85. The Morgan fingerprint density at radius 1 is 1.67 bits per heavy atom. The Hall–Kier alpha value is -0.640. The third-order valence-electron chi connectivity index (χ3n) is 0.554. The fourth-order valence-electron chi connectivity index (χ4n) is 0.267. The van der Waals surface area contributed by atoms with Crippen LogP contribution in [0.3, 0.4) is 0 Å². The summed E-state index contributed by atoms with van der Waals surface area (Å²) in [6.45, 7) is 1.91. The van der Waals surface area contributed by atoms with E-state index >= 15 is 0 Å². The fourth-order valence-corrected chi connectivity index (χ4v) is 0.267. The lowest BCUT2D eigenvalue weighted by Gasteiger charge is -1.90. The first-order valence-corrected chi connectivity index (χ1v) is 1.80. The van der Waals surface area contributed by atoms with E-state index in [4.69, 9.17) is 0 Å². The van der Waals surface area contributed by atoms with Gasteiger partial charge >= 0.3 is 0 Å². The van der Waals surface area contributed by atoms with Crippen LogP contribution in [0.4, 0.5) is 0 Å². The number of hydrogen-bond acceptors (Lipinski definition) is 4. The van der Waals surface area contributed by atoms with Crippen LogP contribution >= 0.6 is 0 Å². The van der Waals surface area contributed by atoms with E-state index < -0.39 is 0 Å². The molecule has 1 aliphatic rings. The van der Waals surface area contributed by atoms with Crippen molar-refractivity contribution in [3.63, 3.8) is 0 Å². The average Bonchev–Trinajstić information content (AvgIpc) is 1.86. The Labute approximate surface area is 35.6 Å². The molecule has 0 aromatic heterocycles. The van der Waals surface area contributed by atoms with Gasteiger partial charge in [-0.2, -0.15) is 5.43 Å². The highest BCUT2D eigenvalue weighted by atomic mass is 15.7. The Bertz CT molecular complexity index is 67.9. The van der Waals surface area contributed by atoms with Gasteiger partial charge in [-0.1, -0.05) is 5.22 Å². The minimum Gasteiger partial charge on any atom is -0.222 e. The Morgan fingerprint density at radius 2 is 2.50 bits per heavy atom. The van der Waals surface area contributed by atoms with Crippen molar-refractivity contribution in [1.82, 2.24) is 11.0 Å². The molecule has 0 saturated heterocycles. The molecule has 1 atom stereocenters. The second kappa shape index (κ2) is 1.22. The molecule has 1 unspecified atom stereocenters. The zero-order valence-corrected chi connectivity index (χ0v) is 3.47. The molecule has 1 heterocycles. The van der Waals surface area contributed by atoms with E-state index in [-0.39, 0.29) is 6.17 Å². The largest absolute Gasteiger partial charge is 0.222 e. The van der Waals surface area contributed by atoms with Crippen molar-refractivity contribution in [2.24, 2.45) is 10.3 Å². The van der Waals surface area contributed by atoms with Crippen LogP contribution in [0, 0.1) is 0 Å². The summed E-state index contributed by atoms with van der Waals surface area (Å²) < 4.78 is 0. The first-order valence-electron chi connectivity index (χ1n) is 1.80. The Balaban J connectivity index is 2.38. The van der Waals surface area contributed by atoms with Gasteiger partial charge in [-0.15, -0.1) is 5.11 Å². The van der Waals surface area contributed by atoms with Crippen molar-refractivity contribution in [1.29, 1.82) is 0 Å². The number of rotatable bonds is 0. The lowest BCUT2D eigenvalue weighted by molar-refractivity contribution is 0.564. The van der Waals surface area contributed by atoms with E-state index in [0.29, 0.717) is 0 Å². The van der Waals surface area contributed by atoms with Crippen molar-refractivity contribution in [3.05, 3.63) is 0 Å². The first-order chi connectivity index (χ1) is 2.89. The van der Waals surface area contributed by atoms with Gasteiger partial charge in [-0.05, 0) is 6.92 Å². The maximum absolute atomic E-state index is 3.64. The summed E-state index contributed by atoms with van der Waals surface area (Å²) >= 11 is 0. The van der Waals surface area contributed by atoms with Crippen LogP contribution in [0.15, 0.2) is 10.3 Å². The lowest BCUT2D eigenvalue weighted by atomic mass is 10.6. The summed E-state index contributed by atoms with van der Waals surface area (Å²) in [6.07, 6.45) is 0.144. The standard InChI is InChI=1S/C2H6N4/c1-2-3-5-6-4-2/h2H,1H3,(H,3,6)(H,4,5). The van der Waals surface area contributed by atoms with Crippen molar-refractivity contribution in [3.8, 4) is 0 Å². The van der Waals surface area contributed by atoms with Gasteiger partial charge < -0.3 is 0 Å². The Kier molecular flexibility index (Phi) is 0.719. The third-order valence-corrected chi connectivity index (χ3v) is 0.554. The number of nitrogens with zero attached hydrogens (tertiary/aromatic N) is 2. The van der Waals surface area contributed by atoms with Crippen LogP contribution in [0.5, 0.6) is 0 Å². The molecule has 0 aromatic carbocycles. The summed E-state index contributed by atoms with van der Waals surface area (Å²) in [5.74, 6) is 0. The zero-order valence-electron chi connectivity index (χ0n) is 3.47. The molecule has 4 nitrogen and oxygen atoms in total. The van der Waals surface area contributed by atoms with Gasteiger partial charge in [0.15, 0.2) is 0 Å². The average molecular weight is 86.1 g/mol.